The zero-order valence-electron chi connectivity index (χ0n) is 40.3. The second-order valence-electron chi connectivity index (χ2n) is 18.1. The molecule has 0 unspecified atom stereocenters. The van der Waals surface area contributed by atoms with Crippen LogP contribution in [0.5, 0.6) is 5.75 Å². The predicted molar refractivity (Wildman–Crippen MR) is 244 cm³/mol. The average Bonchev–Trinajstić information content (AvgIpc) is 3.56. The van der Waals surface area contributed by atoms with Crippen LogP contribution < -0.4 is 15.9 Å². The number of carbonyl (C=O) groups is 6. The van der Waals surface area contributed by atoms with Crippen LogP contribution in [0.2, 0.25) is 0 Å². The highest BCUT2D eigenvalue weighted by Gasteiger charge is 2.51. The molecule has 0 fully saturated rings. The van der Waals surface area contributed by atoms with E-state index < -0.39 is 84.0 Å². The Morgan fingerprint density at radius 1 is 0.818 bits per heavy atom. The van der Waals surface area contributed by atoms with Crippen LogP contribution >= 0.6 is 0 Å². The molecule has 0 bridgehead atoms. The minimum atomic E-state index is -2.93. The van der Waals surface area contributed by atoms with Gasteiger partial charge in [0.15, 0.2) is 30.3 Å². The summed E-state index contributed by atoms with van der Waals surface area (Å²) in [6.07, 6.45) is 11.3. The summed E-state index contributed by atoms with van der Waals surface area (Å²) in [5.41, 5.74) is -4.50. The molecule has 3 atom stereocenters. The minimum Gasteiger partial charge on any atom is -0.481 e. The highest BCUT2D eigenvalue weighted by molar-refractivity contribution is 5.96. The fraction of sp³-hybridized carbons (Fsp3) is 0.620. The number of Topliss-reactive ketones (excluding diaryl/α,β-unsaturated/α-hetero) is 1. The highest BCUT2D eigenvalue weighted by Crippen LogP contribution is 2.30. The Bertz CT molecular complexity index is 2020. The lowest BCUT2D eigenvalue weighted by molar-refractivity contribution is -0.188. The Hall–Kier alpha value is -5.69. The molecule has 1 aromatic heterocycles. The average molecular weight is 926 g/mol. The maximum atomic E-state index is 14.6. The predicted octanol–water partition coefficient (Wildman–Crippen LogP) is 7.50. The molecule has 1 heterocycles. The van der Waals surface area contributed by atoms with Gasteiger partial charge in [0.1, 0.15) is 35.4 Å². The number of carbonyl (C=O) groups excluding carboxylic acids is 6. The van der Waals surface area contributed by atoms with Crippen molar-refractivity contribution in [2.24, 2.45) is 5.92 Å². The zero-order chi connectivity index (χ0) is 49.3. The summed E-state index contributed by atoms with van der Waals surface area (Å²) in [4.78, 5) is 92.3. The van der Waals surface area contributed by atoms with Gasteiger partial charge in [0.25, 0.3) is 0 Å². The van der Waals surface area contributed by atoms with Crippen LogP contribution in [-0.2, 0) is 60.7 Å². The van der Waals surface area contributed by atoms with Crippen LogP contribution in [0.25, 0.3) is 0 Å². The molecule has 366 valence electrons. The summed E-state index contributed by atoms with van der Waals surface area (Å²) in [7, 11) is 0. The quantitative estimate of drug-likeness (QED) is 0.0265. The molecule has 66 heavy (non-hydrogen) atoms. The van der Waals surface area contributed by atoms with Gasteiger partial charge in [-0.05, 0) is 98.8 Å². The lowest BCUT2D eigenvalue weighted by Crippen LogP contribution is -2.57. The fourth-order valence-corrected chi connectivity index (χ4v) is 6.49. The van der Waals surface area contributed by atoms with Crippen molar-refractivity contribution >= 4 is 35.6 Å². The van der Waals surface area contributed by atoms with E-state index in [-0.39, 0.29) is 30.3 Å². The Morgan fingerprint density at radius 3 is 2.02 bits per heavy atom. The van der Waals surface area contributed by atoms with Crippen LogP contribution in [0.4, 0.5) is 0 Å². The number of hydrogen-bond acceptors (Lipinski definition) is 15. The van der Waals surface area contributed by atoms with Gasteiger partial charge in [-0.25, -0.2) is 19.2 Å². The minimum absolute atomic E-state index is 0.0392. The molecule has 2 rings (SSSR count). The second-order valence-corrected chi connectivity index (χ2v) is 18.1. The number of benzene rings is 1. The Kier molecular flexibility index (Phi) is 24.3. The molecule has 0 saturated carbocycles. The number of ketones is 1. The molecule has 0 aliphatic carbocycles. The Labute approximate surface area is 388 Å². The van der Waals surface area contributed by atoms with E-state index in [2.05, 4.69) is 24.1 Å². The number of rotatable bonds is 29. The summed E-state index contributed by atoms with van der Waals surface area (Å²) < 4.78 is 36.8. The van der Waals surface area contributed by atoms with Gasteiger partial charge in [-0.1, -0.05) is 75.7 Å². The maximum Gasteiger partial charge on any atom is 0.519 e. The molecule has 0 aliphatic heterocycles. The van der Waals surface area contributed by atoms with Crippen molar-refractivity contribution in [3.8, 4) is 17.6 Å². The molecule has 0 radical (unpaired) electrons. The normalized spacial score (nSPS) is 13.4. The zero-order valence-corrected chi connectivity index (χ0v) is 40.3. The number of esters is 4. The molecule has 0 aliphatic rings. The van der Waals surface area contributed by atoms with E-state index >= 15 is 0 Å². The summed E-state index contributed by atoms with van der Waals surface area (Å²) >= 11 is 0. The van der Waals surface area contributed by atoms with Gasteiger partial charge in [-0.2, -0.15) is 0 Å². The van der Waals surface area contributed by atoms with Crippen molar-refractivity contribution in [1.82, 2.24) is 5.32 Å². The van der Waals surface area contributed by atoms with Crippen LogP contribution in [0.3, 0.4) is 0 Å². The summed E-state index contributed by atoms with van der Waals surface area (Å²) in [5.74, 6) is -2.18. The second kappa shape index (κ2) is 28.4. The summed E-state index contributed by atoms with van der Waals surface area (Å²) in [5, 5.41) is 14.9. The Balaban J connectivity index is 2.47. The van der Waals surface area contributed by atoms with Gasteiger partial charge in [-0.15, -0.1) is 5.92 Å². The standard InChI is InChI=1S/C50H71NO15/c1-10-12-14-17-20-23-37(52)24-21-18-15-16-19-22-25-39(50(59,46(57)66-49(7,8)9)32-42(53)61-33-41-35(3)63-47(58)64-41)44(55)51-40(45(56)62-34-43(54)65-48(4,5)6)31-36-26-28-38(29-27-36)60-30-13-11-2/h22,25-29,39-40,59H,10,12,14-21,23-24,30-34H2,1-9H3,(H,51,55)/b25-22+/t39-,40+,50+/m1/s1. The van der Waals surface area contributed by atoms with E-state index in [0.717, 1.165) is 44.9 Å². The van der Waals surface area contributed by atoms with Crippen molar-refractivity contribution in [1.29, 1.82) is 0 Å². The van der Waals surface area contributed by atoms with E-state index in [1.807, 2.05) is 0 Å². The molecule has 1 amide bonds. The van der Waals surface area contributed by atoms with Crippen LogP contribution in [0.1, 0.15) is 156 Å². The number of aliphatic hydroxyl groups is 1. The number of amides is 1. The molecule has 2 N–H and O–H groups in total. The Morgan fingerprint density at radius 2 is 1.44 bits per heavy atom. The molecule has 16 heteroatoms. The van der Waals surface area contributed by atoms with Crippen molar-refractivity contribution in [3.05, 3.63) is 64.1 Å². The molecule has 1 aromatic carbocycles. The number of allylic oxidation sites excluding steroid dienone is 1. The molecular weight excluding hydrogens is 855 g/mol. The van der Waals surface area contributed by atoms with E-state index in [9.17, 15) is 38.7 Å². The first kappa shape index (κ1) is 56.4. The molecule has 16 nitrogen and oxygen atoms in total. The SMILES string of the molecule is CC#CCOc1ccc(C[C@H](NC(=O)[C@@H](/C=C/CCCCCCC(=O)CCCCCCC)[C@@](O)(CC(=O)OCc2oc(=O)oc2C)C(=O)OC(C)(C)C)C(=O)OCC(=O)OC(C)(C)C)cc1. The maximum absolute atomic E-state index is 14.6. The van der Waals surface area contributed by atoms with E-state index in [1.54, 1.807) is 58.0 Å². The van der Waals surface area contributed by atoms with Crippen LogP contribution in [0.15, 0.2) is 50.0 Å². The lowest BCUT2D eigenvalue weighted by Gasteiger charge is -2.34. The van der Waals surface area contributed by atoms with Gasteiger partial charge < -0.3 is 42.9 Å². The first-order valence-electron chi connectivity index (χ1n) is 22.8. The molecular formula is C50H71NO15. The smallest absolute Gasteiger partial charge is 0.481 e. The number of ether oxygens (including phenoxy) is 5. The number of nitrogens with one attached hydrogen (secondary N) is 1. The van der Waals surface area contributed by atoms with E-state index in [1.165, 1.54) is 40.2 Å². The third-order valence-electron chi connectivity index (χ3n) is 9.83. The van der Waals surface area contributed by atoms with Gasteiger partial charge in [0.2, 0.25) is 5.91 Å². The topological polar surface area (TPSA) is 224 Å². The lowest BCUT2D eigenvalue weighted by atomic mass is 9.82. The largest absolute Gasteiger partial charge is 0.519 e. The van der Waals surface area contributed by atoms with Crippen LogP contribution in [0, 0.1) is 24.7 Å². The highest BCUT2D eigenvalue weighted by atomic mass is 16.6. The van der Waals surface area contributed by atoms with Crippen molar-refractivity contribution in [2.75, 3.05) is 13.2 Å². The fourth-order valence-electron chi connectivity index (χ4n) is 6.49. The van der Waals surface area contributed by atoms with E-state index in [4.69, 9.17) is 32.5 Å². The van der Waals surface area contributed by atoms with Gasteiger partial charge >= 0.3 is 29.7 Å². The molecule has 0 spiro atoms. The van der Waals surface area contributed by atoms with E-state index in [0.29, 0.717) is 37.0 Å². The third-order valence-corrected chi connectivity index (χ3v) is 9.83. The van der Waals surface area contributed by atoms with Crippen molar-refractivity contribution in [3.63, 3.8) is 0 Å². The van der Waals surface area contributed by atoms with Gasteiger partial charge in [0, 0.05) is 19.3 Å². The number of aryl methyl sites for hydroxylation is 1. The summed E-state index contributed by atoms with van der Waals surface area (Å²) in [6, 6.07) is 5.07. The van der Waals surface area contributed by atoms with Gasteiger partial charge in [-0.3, -0.25) is 14.4 Å². The first-order chi connectivity index (χ1) is 31.1. The number of hydrogen-bond donors (Lipinski definition) is 2. The van der Waals surface area contributed by atoms with Gasteiger partial charge in [0.05, 0.1) is 12.3 Å². The third kappa shape index (κ3) is 22.5. The first-order valence-corrected chi connectivity index (χ1v) is 22.8. The van der Waals surface area contributed by atoms with Crippen molar-refractivity contribution < 1.29 is 66.4 Å². The molecule has 2 aromatic rings. The van der Waals surface area contributed by atoms with Crippen molar-refractivity contribution in [2.45, 2.75) is 182 Å². The summed E-state index contributed by atoms with van der Waals surface area (Å²) in [6.45, 7) is 13.5. The molecule has 0 saturated heterocycles. The van der Waals surface area contributed by atoms with Crippen LogP contribution in [-0.4, -0.2) is 76.7 Å². The number of unbranched alkanes of at least 4 members (excludes halogenated alkanes) is 8. The monoisotopic (exact) mass is 925 g/mol.